The molecular formula is C10H16BrN3. The Morgan fingerprint density at radius 3 is 2.86 bits per heavy atom. The number of rotatable bonds is 4. The van der Waals surface area contributed by atoms with Crippen LogP contribution in [0.3, 0.4) is 0 Å². The number of nitrogens with two attached hydrogens (primary N) is 2. The molecule has 0 amide bonds. The van der Waals surface area contributed by atoms with Crippen LogP contribution in [0.15, 0.2) is 22.7 Å². The van der Waals surface area contributed by atoms with Crippen LogP contribution in [0.4, 0.5) is 5.69 Å². The van der Waals surface area contributed by atoms with E-state index in [1.54, 1.807) is 0 Å². The molecule has 0 fully saturated rings. The van der Waals surface area contributed by atoms with E-state index < -0.39 is 0 Å². The summed E-state index contributed by atoms with van der Waals surface area (Å²) in [6.07, 6.45) is 0. The highest BCUT2D eigenvalue weighted by Crippen LogP contribution is 2.20. The smallest absolute Gasteiger partial charge is 0.0381 e. The van der Waals surface area contributed by atoms with Crippen molar-refractivity contribution >= 4 is 21.6 Å². The molecule has 5 N–H and O–H groups in total. The molecule has 78 valence electrons. The van der Waals surface area contributed by atoms with Crippen LogP contribution in [0.25, 0.3) is 0 Å². The Kier molecular flexibility index (Phi) is 4.38. The monoisotopic (exact) mass is 257 g/mol. The molecule has 0 aliphatic heterocycles. The first-order valence-corrected chi connectivity index (χ1v) is 5.38. The Hall–Kier alpha value is -0.580. The topological polar surface area (TPSA) is 64.1 Å². The molecule has 1 aromatic rings. The molecule has 0 saturated heterocycles. The van der Waals surface area contributed by atoms with Gasteiger partial charge in [-0.05, 0) is 24.6 Å². The second-order valence-electron chi connectivity index (χ2n) is 3.34. The Morgan fingerprint density at radius 2 is 2.21 bits per heavy atom. The van der Waals surface area contributed by atoms with Crippen LogP contribution in [0.2, 0.25) is 0 Å². The van der Waals surface area contributed by atoms with E-state index in [1.807, 2.05) is 12.1 Å². The predicted octanol–water partition coefficient (Wildman–Crippen LogP) is 1.46. The van der Waals surface area contributed by atoms with Crippen LogP contribution in [0.5, 0.6) is 0 Å². The Labute approximate surface area is 93.0 Å². The van der Waals surface area contributed by atoms with Gasteiger partial charge in [0.1, 0.15) is 0 Å². The van der Waals surface area contributed by atoms with E-state index >= 15 is 0 Å². The molecule has 0 aromatic heterocycles. The van der Waals surface area contributed by atoms with Gasteiger partial charge in [0.2, 0.25) is 0 Å². The largest absolute Gasteiger partial charge is 0.383 e. The fourth-order valence-electron chi connectivity index (χ4n) is 1.11. The molecule has 0 bridgehead atoms. The lowest BCUT2D eigenvalue weighted by molar-refractivity contribution is 0.713. The number of hydrogen-bond donors (Lipinski definition) is 3. The van der Waals surface area contributed by atoms with Crippen molar-refractivity contribution in [2.24, 2.45) is 11.5 Å². The number of nitrogens with one attached hydrogen (secondary N) is 1. The van der Waals surface area contributed by atoms with E-state index in [4.69, 9.17) is 11.5 Å². The molecule has 0 heterocycles. The van der Waals surface area contributed by atoms with Crippen LogP contribution in [0.1, 0.15) is 5.56 Å². The maximum atomic E-state index is 5.71. The van der Waals surface area contributed by atoms with Crippen molar-refractivity contribution in [1.29, 1.82) is 0 Å². The first-order chi connectivity index (χ1) is 6.63. The van der Waals surface area contributed by atoms with Crippen molar-refractivity contribution in [2.75, 3.05) is 18.4 Å². The molecule has 4 heteroatoms. The number of aryl methyl sites for hydroxylation is 1. The number of anilines is 1. The third-order valence-corrected chi connectivity index (χ3v) is 2.55. The van der Waals surface area contributed by atoms with Crippen molar-refractivity contribution in [3.8, 4) is 0 Å². The zero-order chi connectivity index (χ0) is 10.6. The van der Waals surface area contributed by atoms with Crippen LogP contribution in [-0.4, -0.2) is 19.1 Å². The molecule has 3 nitrogen and oxygen atoms in total. The quantitative estimate of drug-likeness (QED) is 0.766. The zero-order valence-electron chi connectivity index (χ0n) is 8.26. The maximum absolute atomic E-state index is 5.71. The number of hydrogen-bond acceptors (Lipinski definition) is 3. The van der Waals surface area contributed by atoms with E-state index in [0.29, 0.717) is 13.1 Å². The Balaban J connectivity index is 2.62. The van der Waals surface area contributed by atoms with Crippen LogP contribution in [0, 0.1) is 6.92 Å². The van der Waals surface area contributed by atoms with E-state index in [9.17, 15) is 0 Å². The van der Waals surface area contributed by atoms with Crippen molar-refractivity contribution in [1.82, 2.24) is 0 Å². The maximum Gasteiger partial charge on any atom is 0.0381 e. The second-order valence-corrected chi connectivity index (χ2v) is 4.25. The molecule has 1 rings (SSSR count). The molecule has 1 atom stereocenters. The van der Waals surface area contributed by atoms with E-state index in [2.05, 4.69) is 34.2 Å². The average Bonchev–Trinajstić information content (AvgIpc) is 2.19. The number of halogens is 1. The summed E-state index contributed by atoms with van der Waals surface area (Å²) in [6.45, 7) is 3.26. The minimum Gasteiger partial charge on any atom is -0.383 e. The van der Waals surface area contributed by atoms with Gasteiger partial charge < -0.3 is 16.8 Å². The van der Waals surface area contributed by atoms with Gasteiger partial charge in [0.05, 0.1) is 0 Å². The summed E-state index contributed by atoms with van der Waals surface area (Å²) in [6, 6.07) is 6.12. The van der Waals surface area contributed by atoms with Gasteiger partial charge in [0.15, 0.2) is 0 Å². The normalized spacial score (nSPS) is 12.6. The first kappa shape index (κ1) is 11.5. The molecule has 0 saturated carbocycles. The summed E-state index contributed by atoms with van der Waals surface area (Å²) in [5.41, 5.74) is 13.4. The fourth-order valence-corrected chi connectivity index (χ4v) is 1.47. The molecule has 0 aliphatic carbocycles. The first-order valence-electron chi connectivity index (χ1n) is 4.59. The van der Waals surface area contributed by atoms with E-state index in [-0.39, 0.29) is 6.04 Å². The average molecular weight is 258 g/mol. The molecular weight excluding hydrogens is 242 g/mol. The molecule has 0 radical (unpaired) electrons. The SMILES string of the molecule is Cc1ccc(Br)cc1NCC(N)CN. The summed E-state index contributed by atoms with van der Waals surface area (Å²) in [5.74, 6) is 0. The van der Waals surface area contributed by atoms with Crippen molar-refractivity contribution in [3.63, 3.8) is 0 Å². The summed E-state index contributed by atoms with van der Waals surface area (Å²) in [4.78, 5) is 0. The second kappa shape index (κ2) is 5.34. The standard InChI is InChI=1S/C10H16BrN3/c1-7-2-3-8(11)4-10(7)14-6-9(13)5-12/h2-4,9,14H,5-6,12-13H2,1H3. The van der Waals surface area contributed by atoms with Gasteiger partial charge in [0, 0.05) is 29.3 Å². The molecule has 1 aromatic carbocycles. The highest BCUT2D eigenvalue weighted by Gasteiger charge is 2.01. The molecule has 0 aliphatic rings. The fraction of sp³-hybridized carbons (Fsp3) is 0.400. The zero-order valence-corrected chi connectivity index (χ0v) is 9.84. The highest BCUT2D eigenvalue weighted by atomic mass is 79.9. The Morgan fingerprint density at radius 1 is 1.50 bits per heavy atom. The summed E-state index contributed by atoms with van der Waals surface area (Å²) in [5, 5.41) is 3.27. The van der Waals surface area contributed by atoms with Gasteiger partial charge >= 0.3 is 0 Å². The third-order valence-electron chi connectivity index (χ3n) is 2.06. The van der Waals surface area contributed by atoms with E-state index in [1.165, 1.54) is 5.56 Å². The predicted molar refractivity (Wildman–Crippen MR) is 64.4 cm³/mol. The van der Waals surface area contributed by atoms with Gasteiger partial charge in [-0.25, -0.2) is 0 Å². The molecule has 0 spiro atoms. The van der Waals surface area contributed by atoms with Gasteiger partial charge in [-0.3, -0.25) is 0 Å². The highest BCUT2D eigenvalue weighted by molar-refractivity contribution is 9.10. The van der Waals surface area contributed by atoms with Gasteiger partial charge in [-0.1, -0.05) is 22.0 Å². The van der Waals surface area contributed by atoms with Crippen molar-refractivity contribution in [2.45, 2.75) is 13.0 Å². The van der Waals surface area contributed by atoms with Crippen molar-refractivity contribution < 1.29 is 0 Å². The van der Waals surface area contributed by atoms with Gasteiger partial charge in [-0.2, -0.15) is 0 Å². The lowest BCUT2D eigenvalue weighted by Crippen LogP contribution is -2.36. The summed E-state index contributed by atoms with van der Waals surface area (Å²) >= 11 is 3.42. The third kappa shape index (κ3) is 3.29. The van der Waals surface area contributed by atoms with Crippen LogP contribution < -0.4 is 16.8 Å². The molecule has 14 heavy (non-hydrogen) atoms. The number of benzene rings is 1. The lowest BCUT2D eigenvalue weighted by atomic mass is 10.2. The minimum atomic E-state index is 0.00776. The summed E-state index contributed by atoms with van der Waals surface area (Å²) < 4.78 is 1.06. The summed E-state index contributed by atoms with van der Waals surface area (Å²) in [7, 11) is 0. The lowest BCUT2D eigenvalue weighted by Gasteiger charge is -2.13. The molecule has 1 unspecified atom stereocenters. The minimum absolute atomic E-state index is 0.00776. The van der Waals surface area contributed by atoms with Crippen LogP contribution in [-0.2, 0) is 0 Å². The van der Waals surface area contributed by atoms with E-state index in [0.717, 1.165) is 10.2 Å². The Bertz CT molecular complexity index is 301. The van der Waals surface area contributed by atoms with Gasteiger partial charge in [-0.15, -0.1) is 0 Å². The van der Waals surface area contributed by atoms with Crippen molar-refractivity contribution in [3.05, 3.63) is 28.2 Å². The van der Waals surface area contributed by atoms with Gasteiger partial charge in [0.25, 0.3) is 0 Å². The van der Waals surface area contributed by atoms with Crippen LogP contribution >= 0.6 is 15.9 Å².